The van der Waals surface area contributed by atoms with Crippen molar-refractivity contribution in [3.8, 4) is 0 Å². The van der Waals surface area contributed by atoms with Gasteiger partial charge < -0.3 is 9.64 Å². The van der Waals surface area contributed by atoms with Crippen LogP contribution < -0.4 is 0 Å². The Kier molecular flexibility index (Phi) is 5.78. The lowest BCUT2D eigenvalue weighted by Crippen LogP contribution is -2.51. The molecule has 1 amide bonds. The minimum absolute atomic E-state index is 0.0147. The molecule has 3 rings (SSSR count). The van der Waals surface area contributed by atoms with Crippen LogP contribution in [0.5, 0.6) is 0 Å². The number of benzene rings is 1. The Balaban J connectivity index is 1.83. The van der Waals surface area contributed by atoms with Gasteiger partial charge in [0.1, 0.15) is 11.8 Å². The van der Waals surface area contributed by atoms with E-state index in [1.807, 2.05) is 28.5 Å². The zero-order chi connectivity index (χ0) is 18.7. The monoisotopic (exact) mass is 372 g/mol. The largest absolute Gasteiger partial charge is 0.366 e. The number of rotatable bonds is 4. The van der Waals surface area contributed by atoms with E-state index in [9.17, 15) is 4.79 Å². The fraction of sp³-hybridized carbons (Fsp3) is 0.524. The molecule has 2 aromatic rings. The van der Waals surface area contributed by atoms with Crippen molar-refractivity contribution in [2.24, 2.45) is 5.41 Å². The molecule has 4 nitrogen and oxygen atoms in total. The number of amides is 1. The molecule has 1 saturated heterocycles. The van der Waals surface area contributed by atoms with Crippen molar-refractivity contribution in [1.29, 1.82) is 0 Å². The third-order valence-corrected chi connectivity index (χ3v) is 5.67. The Morgan fingerprint density at radius 1 is 1.27 bits per heavy atom. The molecule has 0 N–H and O–H groups in total. The van der Waals surface area contributed by atoms with Crippen LogP contribution in [0.25, 0.3) is 0 Å². The molecule has 2 heterocycles. The number of hydrogen-bond acceptors (Lipinski definition) is 4. The van der Waals surface area contributed by atoms with Gasteiger partial charge in [-0.1, -0.05) is 58.0 Å². The van der Waals surface area contributed by atoms with Gasteiger partial charge in [-0.3, -0.25) is 4.79 Å². The summed E-state index contributed by atoms with van der Waals surface area (Å²) < 4.78 is 6.39. The number of aryl methyl sites for hydroxylation is 1. The molecule has 5 heteroatoms. The number of ether oxygens (including phenoxy) is 1. The number of thiazole rings is 1. The molecule has 1 aliphatic rings. The van der Waals surface area contributed by atoms with Gasteiger partial charge in [0, 0.05) is 11.9 Å². The maximum absolute atomic E-state index is 13.1. The van der Waals surface area contributed by atoms with E-state index in [4.69, 9.17) is 4.74 Å². The van der Waals surface area contributed by atoms with Gasteiger partial charge in [-0.2, -0.15) is 0 Å². The van der Waals surface area contributed by atoms with Crippen molar-refractivity contribution < 1.29 is 9.53 Å². The Morgan fingerprint density at radius 2 is 2.00 bits per heavy atom. The Labute approximate surface area is 160 Å². The average molecular weight is 373 g/mol. The zero-order valence-corrected chi connectivity index (χ0v) is 16.9. The van der Waals surface area contributed by atoms with Gasteiger partial charge in [0.25, 0.3) is 5.91 Å². The highest BCUT2D eigenvalue weighted by atomic mass is 32.1. The van der Waals surface area contributed by atoms with Crippen LogP contribution in [0.3, 0.4) is 0 Å². The van der Waals surface area contributed by atoms with Gasteiger partial charge in [0.15, 0.2) is 0 Å². The fourth-order valence-corrected chi connectivity index (χ4v) is 4.03. The molecule has 1 fully saturated rings. The van der Waals surface area contributed by atoms with Crippen molar-refractivity contribution in [3.63, 3.8) is 0 Å². The molecule has 0 radical (unpaired) electrons. The highest BCUT2D eigenvalue weighted by Crippen LogP contribution is 2.34. The van der Waals surface area contributed by atoms with Crippen LogP contribution >= 0.6 is 11.3 Å². The minimum Gasteiger partial charge on any atom is -0.366 e. The first-order chi connectivity index (χ1) is 12.4. The van der Waals surface area contributed by atoms with E-state index in [2.05, 4.69) is 44.8 Å². The molecule has 1 aromatic heterocycles. The molecular weight excluding hydrogens is 344 g/mol. The summed E-state index contributed by atoms with van der Waals surface area (Å²) in [6.07, 6.45) is 1.85. The van der Waals surface area contributed by atoms with Crippen LogP contribution in [0.15, 0.2) is 35.7 Å². The Hall–Kier alpha value is -1.72. The van der Waals surface area contributed by atoms with E-state index in [0.29, 0.717) is 18.8 Å². The van der Waals surface area contributed by atoms with Gasteiger partial charge >= 0.3 is 0 Å². The van der Waals surface area contributed by atoms with Crippen LogP contribution in [-0.2, 0) is 11.2 Å². The van der Waals surface area contributed by atoms with E-state index in [1.165, 1.54) is 0 Å². The van der Waals surface area contributed by atoms with Crippen molar-refractivity contribution in [3.05, 3.63) is 52.0 Å². The summed E-state index contributed by atoms with van der Waals surface area (Å²) >= 11 is 1.58. The van der Waals surface area contributed by atoms with Crippen molar-refractivity contribution in [1.82, 2.24) is 9.88 Å². The van der Waals surface area contributed by atoms with Gasteiger partial charge in [-0.15, -0.1) is 11.3 Å². The van der Waals surface area contributed by atoms with Crippen LogP contribution in [0.4, 0.5) is 0 Å². The van der Waals surface area contributed by atoms with Crippen LogP contribution in [-0.4, -0.2) is 35.0 Å². The summed E-state index contributed by atoms with van der Waals surface area (Å²) in [5.74, 6) is 0.0158. The third kappa shape index (κ3) is 4.33. The van der Waals surface area contributed by atoms with Crippen LogP contribution in [0.1, 0.15) is 61.3 Å². The smallest absolute Gasteiger partial charge is 0.273 e. The number of hydrogen-bond donors (Lipinski definition) is 0. The second-order valence-electron chi connectivity index (χ2n) is 7.98. The van der Waals surface area contributed by atoms with E-state index in [0.717, 1.165) is 23.4 Å². The second-order valence-corrected chi connectivity index (χ2v) is 8.92. The first-order valence-electron chi connectivity index (χ1n) is 9.32. The number of carbonyl (C=O) groups is 1. The predicted molar refractivity (Wildman–Crippen MR) is 106 cm³/mol. The van der Waals surface area contributed by atoms with Gasteiger partial charge in [0.05, 0.1) is 17.7 Å². The average Bonchev–Trinajstić information content (AvgIpc) is 3.10. The lowest BCUT2D eigenvalue weighted by molar-refractivity contribution is -0.119. The SMILES string of the molecule is CCCc1nc(C(=O)N2C[C@@H](c3ccccc3)O[C@@H](C(C)(C)C)C2)cs1. The maximum atomic E-state index is 13.1. The molecular formula is C21H28N2O2S. The van der Waals surface area contributed by atoms with Crippen LogP contribution in [0, 0.1) is 5.41 Å². The van der Waals surface area contributed by atoms with Gasteiger partial charge in [-0.25, -0.2) is 4.98 Å². The summed E-state index contributed by atoms with van der Waals surface area (Å²) in [5, 5.41) is 2.93. The lowest BCUT2D eigenvalue weighted by atomic mass is 9.87. The third-order valence-electron chi connectivity index (χ3n) is 4.76. The summed E-state index contributed by atoms with van der Waals surface area (Å²) in [5.41, 5.74) is 1.64. The molecule has 1 aromatic carbocycles. The summed E-state index contributed by atoms with van der Waals surface area (Å²) in [6, 6.07) is 10.2. The lowest BCUT2D eigenvalue weighted by Gasteiger charge is -2.43. The number of morpholine rings is 1. The maximum Gasteiger partial charge on any atom is 0.273 e. The van der Waals surface area contributed by atoms with Crippen LogP contribution in [0.2, 0.25) is 0 Å². The summed E-state index contributed by atoms with van der Waals surface area (Å²) in [6.45, 7) is 9.79. The molecule has 0 aliphatic carbocycles. The molecule has 0 bridgehead atoms. The zero-order valence-electron chi connectivity index (χ0n) is 16.1. The Bertz CT molecular complexity index is 736. The fourth-order valence-electron chi connectivity index (χ4n) is 3.15. The Morgan fingerprint density at radius 3 is 2.65 bits per heavy atom. The highest BCUT2D eigenvalue weighted by molar-refractivity contribution is 7.09. The first-order valence-corrected chi connectivity index (χ1v) is 10.2. The molecule has 1 aliphatic heterocycles. The molecule has 140 valence electrons. The standard InChI is InChI=1S/C21H28N2O2S/c1-5-9-19-22-16(14-26-19)20(24)23-12-17(15-10-7-6-8-11-15)25-18(13-23)21(2,3)4/h6-8,10-11,14,17-18H,5,9,12-13H2,1-4H3/t17-,18+/m0/s1. The van der Waals surface area contributed by atoms with Crippen molar-refractivity contribution >= 4 is 17.2 Å². The van der Waals surface area contributed by atoms with E-state index >= 15 is 0 Å². The van der Waals surface area contributed by atoms with Gasteiger partial charge in [-0.05, 0) is 23.8 Å². The molecule has 0 unspecified atom stereocenters. The highest BCUT2D eigenvalue weighted by Gasteiger charge is 2.38. The second kappa shape index (κ2) is 7.89. The topological polar surface area (TPSA) is 42.4 Å². The molecule has 0 saturated carbocycles. The first kappa shape index (κ1) is 19.1. The van der Waals surface area contributed by atoms with Gasteiger partial charge in [0.2, 0.25) is 0 Å². The van der Waals surface area contributed by atoms with E-state index in [-0.39, 0.29) is 23.5 Å². The summed E-state index contributed by atoms with van der Waals surface area (Å²) in [7, 11) is 0. The van der Waals surface area contributed by atoms with Crippen molar-refractivity contribution in [2.45, 2.75) is 52.7 Å². The number of aromatic nitrogens is 1. The summed E-state index contributed by atoms with van der Waals surface area (Å²) in [4.78, 5) is 19.5. The van der Waals surface area contributed by atoms with Crippen molar-refractivity contribution in [2.75, 3.05) is 13.1 Å². The normalized spacial score (nSPS) is 21.0. The molecule has 0 spiro atoms. The van der Waals surface area contributed by atoms with E-state index < -0.39 is 0 Å². The predicted octanol–water partition coefficient (Wildman–Crippen LogP) is 4.72. The number of nitrogens with zero attached hydrogens (tertiary/aromatic N) is 2. The number of carbonyl (C=O) groups excluding carboxylic acids is 1. The minimum atomic E-state index is -0.105. The van der Waals surface area contributed by atoms with E-state index in [1.54, 1.807) is 11.3 Å². The quantitative estimate of drug-likeness (QED) is 0.779. The molecule has 26 heavy (non-hydrogen) atoms. The molecule has 2 atom stereocenters.